The van der Waals surface area contributed by atoms with Crippen molar-refractivity contribution >= 4 is 29.3 Å². The van der Waals surface area contributed by atoms with Crippen molar-refractivity contribution in [3.05, 3.63) is 11.2 Å². The summed E-state index contributed by atoms with van der Waals surface area (Å²) < 4.78 is 18.7. The van der Waals surface area contributed by atoms with Crippen molar-refractivity contribution < 1.29 is 23.9 Å². The molecule has 0 aliphatic carbocycles. The van der Waals surface area contributed by atoms with Gasteiger partial charge in [0.1, 0.15) is 5.60 Å². The van der Waals surface area contributed by atoms with Crippen molar-refractivity contribution in [3.63, 3.8) is 0 Å². The van der Waals surface area contributed by atoms with Crippen LogP contribution in [0.5, 0.6) is 0 Å². The fourth-order valence-corrected chi connectivity index (χ4v) is 4.24. The molecule has 2 saturated heterocycles. The number of ether oxygens (including phenoxy) is 1. The van der Waals surface area contributed by atoms with Crippen molar-refractivity contribution in [2.75, 3.05) is 20.2 Å². The lowest BCUT2D eigenvalue weighted by atomic mass is 9.89. The third-order valence-corrected chi connectivity index (χ3v) is 6.70. The summed E-state index contributed by atoms with van der Waals surface area (Å²) in [7, 11) is 0.642. The van der Waals surface area contributed by atoms with Crippen molar-refractivity contribution in [1.82, 2.24) is 9.88 Å². The smallest absolute Gasteiger partial charge is 0.444 e. The second-order valence-electron chi connectivity index (χ2n) is 9.43. The molecule has 3 rings (SSSR count). The van der Waals surface area contributed by atoms with Gasteiger partial charge in [0, 0.05) is 32.3 Å². The SMILES string of the molecule is CC.CC(C)(C)OC(=O)N1CCC(c2ncc(B3OC(C)(C)C(C)(C)O3)s2)CC1.CO. The number of rotatable bonds is 2. The molecule has 0 unspecified atom stereocenters. The van der Waals surface area contributed by atoms with Gasteiger partial charge in [-0.25, -0.2) is 9.78 Å². The molecule has 31 heavy (non-hydrogen) atoms. The van der Waals surface area contributed by atoms with Crippen LogP contribution in [0, 0.1) is 0 Å². The summed E-state index contributed by atoms with van der Waals surface area (Å²) in [6.45, 7) is 19.3. The van der Waals surface area contributed by atoms with Gasteiger partial charge in [-0.2, -0.15) is 0 Å². The predicted molar refractivity (Wildman–Crippen MR) is 127 cm³/mol. The van der Waals surface area contributed by atoms with E-state index in [1.165, 1.54) is 0 Å². The van der Waals surface area contributed by atoms with Crippen LogP contribution in [0.15, 0.2) is 6.20 Å². The summed E-state index contributed by atoms with van der Waals surface area (Å²) in [4.78, 5) is 18.6. The molecular weight excluding hydrogens is 415 g/mol. The summed E-state index contributed by atoms with van der Waals surface area (Å²) in [5, 5.41) is 8.10. The van der Waals surface area contributed by atoms with E-state index in [9.17, 15) is 4.79 Å². The quantitative estimate of drug-likeness (QED) is 0.672. The zero-order chi connectivity index (χ0) is 24.0. The molecule has 1 aromatic heterocycles. The minimum absolute atomic E-state index is 0.224. The third kappa shape index (κ3) is 7.17. The van der Waals surface area contributed by atoms with Crippen LogP contribution in [0.25, 0.3) is 0 Å². The van der Waals surface area contributed by atoms with Crippen LogP contribution in [0.1, 0.15) is 86.1 Å². The Bertz CT molecular complexity index is 678. The predicted octanol–water partition coefficient (Wildman–Crippen LogP) is 4.19. The van der Waals surface area contributed by atoms with E-state index in [-0.39, 0.29) is 24.4 Å². The molecule has 1 aromatic rings. The lowest BCUT2D eigenvalue weighted by Crippen LogP contribution is -2.41. The first kappa shape index (κ1) is 27.9. The zero-order valence-corrected chi connectivity index (χ0v) is 21.8. The number of hydrogen-bond donors (Lipinski definition) is 1. The fourth-order valence-electron chi connectivity index (χ4n) is 3.19. The molecule has 0 radical (unpaired) electrons. The van der Waals surface area contributed by atoms with Gasteiger partial charge in [0.15, 0.2) is 0 Å². The van der Waals surface area contributed by atoms with E-state index >= 15 is 0 Å². The number of likely N-dealkylation sites (tertiary alicyclic amines) is 1. The Labute approximate surface area is 192 Å². The molecule has 2 fully saturated rings. The Kier molecular flexibility index (Phi) is 10.0. The summed E-state index contributed by atoms with van der Waals surface area (Å²) >= 11 is 1.66. The van der Waals surface area contributed by atoms with Crippen molar-refractivity contribution in [3.8, 4) is 0 Å². The largest absolute Gasteiger partial charge is 0.507 e. The molecule has 178 valence electrons. The van der Waals surface area contributed by atoms with E-state index in [1.54, 1.807) is 16.2 Å². The van der Waals surface area contributed by atoms with E-state index in [4.69, 9.17) is 19.2 Å². The molecule has 0 atom stereocenters. The van der Waals surface area contributed by atoms with Crippen LogP contribution in [0.4, 0.5) is 4.79 Å². The topological polar surface area (TPSA) is 81.1 Å². The second-order valence-corrected chi connectivity index (χ2v) is 10.5. The Morgan fingerprint density at radius 3 is 2.10 bits per heavy atom. The van der Waals surface area contributed by atoms with Gasteiger partial charge in [-0.05, 0) is 61.3 Å². The molecule has 3 heterocycles. The highest BCUT2D eigenvalue weighted by Crippen LogP contribution is 2.37. The number of aromatic nitrogens is 1. The van der Waals surface area contributed by atoms with Crippen LogP contribution in [0.2, 0.25) is 0 Å². The number of thiazole rings is 1. The number of amides is 1. The van der Waals surface area contributed by atoms with Gasteiger partial charge >= 0.3 is 13.2 Å². The van der Waals surface area contributed by atoms with Gasteiger partial charge in [0.25, 0.3) is 0 Å². The number of carbonyl (C=O) groups excluding carboxylic acids is 1. The normalized spacial score (nSPS) is 20.4. The minimum Gasteiger partial charge on any atom is -0.444 e. The highest BCUT2D eigenvalue weighted by atomic mass is 32.1. The lowest BCUT2D eigenvalue weighted by Gasteiger charge is -2.32. The maximum atomic E-state index is 12.2. The third-order valence-electron chi connectivity index (χ3n) is 5.52. The molecule has 0 saturated carbocycles. The van der Waals surface area contributed by atoms with Crippen molar-refractivity contribution in [1.29, 1.82) is 0 Å². The van der Waals surface area contributed by atoms with Gasteiger partial charge in [-0.3, -0.25) is 0 Å². The average molecular weight is 456 g/mol. The van der Waals surface area contributed by atoms with Gasteiger partial charge < -0.3 is 24.1 Å². The highest BCUT2D eigenvalue weighted by Gasteiger charge is 2.52. The molecule has 2 aliphatic heterocycles. The molecular formula is C22H41BN2O5S. The van der Waals surface area contributed by atoms with Crippen LogP contribution in [0.3, 0.4) is 0 Å². The molecule has 7 nitrogen and oxygen atoms in total. The first-order chi connectivity index (χ1) is 14.4. The number of aliphatic hydroxyl groups excluding tert-OH is 1. The average Bonchev–Trinajstić information content (AvgIpc) is 3.26. The molecule has 1 N–H and O–H groups in total. The van der Waals surface area contributed by atoms with Gasteiger partial charge in [0.2, 0.25) is 0 Å². The fraction of sp³-hybridized carbons (Fsp3) is 0.818. The Hall–Kier alpha value is -1.16. The van der Waals surface area contributed by atoms with Crippen LogP contribution in [-0.4, -0.2) is 65.2 Å². The van der Waals surface area contributed by atoms with E-state index in [0.29, 0.717) is 19.0 Å². The maximum absolute atomic E-state index is 12.2. The van der Waals surface area contributed by atoms with Crippen LogP contribution < -0.4 is 4.78 Å². The van der Waals surface area contributed by atoms with E-state index in [2.05, 4.69) is 32.7 Å². The van der Waals surface area contributed by atoms with E-state index in [1.807, 2.05) is 40.8 Å². The Balaban J connectivity index is 0.00000113. The molecule has 0 spiro atoms. The summed E-state index contributed by atoms with van der Waals surface area (Å²) in [6, 6.07) is 0. The van der Waals surface area contributed by atoms with E-state index < -0.39 is 5.60 Å². The van der Waals surface area contributed by atoms with Gasteiger partial charge in [-0.1, -0.05) is 13.8 Å². The lowest BCUT2D eigenvalue weighted by molar-refractivity contribution is 0.00578. The van der Waals surface area contributed by atoms with E-state index in [0.717, 1.165) is 29.7 Å². The standard InChI is InChI=1S/C19H31BN2O4S.C2H6.CH4O/c1-17(2,3)24-16(23)22-10-8-13(9-11-22)15-21-12-14(27-15)20-25-18(4,5)19(6,7)26-20;2*1-2/h12-13H,8-11H2,1-7H3;1-2H3;2H,1H3. The minimum atomic E-state index is -0.457. The molecule has 9 heteroatoms. The number of aliphatic hydroxyl groups is 1. The molecule has 0 bridgehead atoms. The maximum Gasteiger partial charge on any atom is 0.507 e. The van der Waals surface area contributed by atoms with Gasteiger partial charge in [0.05, 0.1) is 21.0 Å². The summed E-state index contributed by atoms with van der Waals surface area (Å²) in [5.41, 5.74) is -1.15. The summed E-state index contributed by atoms with van der Waals surface area (Å²) in [5.74, 6) is 0.366. The van der Waals surface area contributed by atoms with Gasteiger partial charge in [-0.15, -0.1) is 11.3 Å². The summed E-state index contributed by atoms with van der Waals surface area (Å²) in [6.07, 6.45) is 3.45. The van der Waals surface area contributed by atoms with Crippen molar-refractivity contribution in [2.24, 2.45) is 0 Å². The van der Waals surface area contributed by atoms with Crippen molar-refractivity contribution in [2.45, 2.75) is 97.9 Å². The Morgan fingerprint density at radius 2 is 1.65 bits per heavy atom. The molecule has 0 aromatic carbocycles. The number of piperidine rings is 1. The zero-order valence-electron chi connectivity index (χ0n) is 20.9. The Morgan fingerprint density at radius 1 is 1.16 bits per heavy atom. The number of hydrogen-bond acceptors (Lipinski definition) is 7. The first-order valence-corrected chi connectivity index (χ1v) is 11.9. The highest BCUT2D eigenvalue weighted by molar-refractivity contribution is 7.22. The second kappa shape index (κ2) is 11.1. The monoisotopic (exact) mass is 456 g/mol. The molecule has 2 aliphatic rings. The van der Waals surface area contributed by atoms with Crippen LogP contribution >= 0.6 is 11.3 Å². The molecule has 1 amide bonds. The number of carbonyl (C=O) groups is 1. The number of nitrogens with zero attached hydrogens (tertiary/aromatic N) is 2. The first-order valence-electron chi connectivity index (χ1n) is 11.1. The van der Waals surface area contributed by atoms with Crippen LogP contribution in [-0.2, 0) is 14.0 Å².